The van der Waals surface area contributed by atoms with E-state index < -0.39 is 24.0 Å². The molecular weight excluding hydrogens is 1850 g/mol. The summed E-state index contributed by atoms with van der Waals surface area (Å²) in [5.41, 5.74) is 13.8. The highest BCUT2D eigenvalue weighted by atomic mass is 79.9. The number of furan rings is 1. The molecule has 710 valence electrons. The number of nitrogens with two attached hydrogens (primary N) is 1. The van der Waals surface area contributed by atoms with Gasteiger partial charge in [0.05, 0.1) is 26.8 Å². The number of thiophene rings is 1. The molecule has 0 spiro atoms. The number of fused-ring (bicyclic) bond motifs is 6. The molecule has 9 aromatic carbocycles. The second-order valence-corrected chi connectivity index (χ2v) is 32.7. The number of para-hydroxylation sites is 2. The number of ether oxygens (including phenoxy) is 4. The first-order valence-electron chi connectivity index (χ1n) is 42.3. The van der Waals surface area contributed by atoms with Crippen molar-refractivity contribution >= 4 is 145 Å². The molecule has 31 heteroatoms. The van der Waals surface area contributed by atoms with E-state index in [2.05, 4.69) is 60.6 Å². The van der Waals surface area contributed by atoms with E-state index in [-0.39, 0.29) is 70.2 Å². The quantitative estimate of drug-likeness (QED) is 0.0755. The van der Waals surface area contributed by atoms with Crippen LogP contribution in [0.1, 0.15) is 192 Å². The number of benzene rings is 9. The zero-order valence-electron chi connectivity index (χ0n) is 77.2. The summed E-state index contributed by atoms with van der Waals surface area (Å²) in [5, 5.41) is 9.79. The number of nitrogens with zero attached hydrogens (tertiary/aromatic N) is 5. The first-order chi connectivity index (χ1) is 65.1. The molecule has 1 fully saturated rings. The Hall–Kier alpha value is -15.2. The van der Waals surface area contributed by atoms with Crippen LogP contribution in [0.2, 0.25) is 0 Å². The van der Waals surface area contributed by atoms with Gasteiger partial charge in [-0.2, -0.15) is 13.2 Å². The number of methoxy groups -OCH3 is 1. The molecule has 9 heterocycles. The zero-order valence-corrected chi connectivity index (χ0v) is 79.6. The summed E-state index contributed by atoms with van der Waals surface area (Å²) in [7, 11) is 1.21. The van der Waals surface area contributed by atoms with E-state index in [4.69, 9.17) is 19.6 Å². The van der Waals surface area contributed by atoms with E-state index in [0.29, 0.717) is 51.4 Å². The molecule has 0 aliphatic carbocycles. The number of H-pyrrole nitrogens is 1. The highest BCUT2D eigenvalue weighted by Gasteiger charge is 2.33. The number of hydrogen-bond donors (Lipinski definition) is 3. The maximum atomic E-state index is 12.0. The van der Waals surface area contributed by atoms with E-state index >= 15 is 0 Å². The van der Waals surface area contributed by atoms with Crippen molar-refractivity contribution in [2.45, 2.75) is 108 Å². The summed E-state index contributed by atoms with van der Waals surface area (Å²) in [6, 6.07) is 75.6. The van der Waals surface area contributed by atoms with Gasteiger partial charge in [0, 0.05) is 104 Å². The van der Waals surface area contributed by atoms with E-state index in [1.165, 1.54) is 93.8 Å². The molecule has 18 rings (SSSR count). The SMILES string of the molecule is CC(=O)C1CCNCC1.CC(=O)c1ccc(Br)s1.CC(=O)c1ccc(N)nc1.CC(=O)c1ccc2[nH]ccc2c1.CC(=O)c1ccc2c(c1)OCO2.CC(=O)c1ccc2ccccc2c1.CC(=O)c1ccc2ccccc2n1.CC(=O)c1ccc2cncnc2c1.CC(=O)c1ccccc1.COc1ccc(C(C)=O)cc1OC(F)(F)F.Cc1cc2ccccc2o1.Cc1ccc(C(F)(F)F)nc1. The number of aromatic amines is 1. The lowest BCUT2D eigenvalue weighted by Crippen LogP contribution is -2.30. The van der Waals surface area contributed by atoms with Gasteiger partial charge >= 0.3 is 12.5 Å². The van der Waals surface area contributed by atoms with Crippen LogP contribution in [-0.4, -0.2) is 121 Å². The number of aromatic nitrogens is 6. The molecule has 16 aromatic rings. The molecule has 1 saturated heterocycles. The van der Waals surface area contributed by atoms with E-state index in [9.17, 15) is 74.3 Å². The van der Waals surface area contributed by atoms with Crippen LogP contribution < -0.4 is 30.0 Å². The summed E-state index contributed by atoms with van der Waals surface area (Å²) < 4.78 is 96.7. The predicted octanol–water partition coefficient (Wildman–Crippen LogP) is 25.3. The average Bonchev–Trinajstić information content (AvgIpc) is 1.61. The van der Waals surface area contributed by atoms with Crippen LogP contribution in [-0.2, 0) is 11.0 Å². The number of nitrogen functional groups attached to an aromatic ring is 1. The maximum absolute atomic E-state index is 12.0. The molecule has 0 unspecified atom stereocenters. The fraction of sp³-hybridized carbons (Fsp3) is 0.198. The monoisotopic (exact) mass is 1950 g/mol. The van der Waals surface area contributed by atoms with Gasteiger partial charge in [0.15, 0.2) is 75.0 Å². The van der Waals surface area contributed by atoms with Crippen LogP contribution >= 0.6 is 27.3 Å². The van der Waals surface area contributed by atoms with Crippen molar-refractivity contribution in [2.75, 3.05) is 32.7 Å². The van der Waals surface area contributed by atoms with Crippen molar-refractivity contribution in [1.29, 1.82) is 0 Å². The third-order valence-corrected chi connectivity index (χ3v) is 21.2. The lowest BCUT2D eigenvalue weighted by Gasteiger charge is -2.19. The molecule has 2 aliphatic rings. The number of pyridine rings is 3. The fourth-order valence-corrected chi connectivity index (χ4v) is 13.4. The number of hydrogen-bond acceptors (Lipinski definition) is 23. The Morgan fingerprint density at radius 3 is 1.53 bits per heavy atom. The second-order valence-electron chi connectivity index (χ2n) is 30.2. The number of alkyl halides is 6. The first-order valence-corrected chi connectivity index (χ1v) is 43.9. The van der Waals surface area contributed by atoms with Crippen molar-refractivity contribution in [3.05, 3.63) is 356 Å². The third kappa shape index (κ3) is 37.6. The minimum absolute atomic E-state index is 0.00533. The number of carbonyl (C=O) groups is 10. The molecule has 7 aromatic heterocycles. The number of anilines is 1. The van der Waals surface area contributed by atoms with Crippen LogP contribution in [0.5, 0.6) is 23.0 Å². The number of Topliss-reactive ketones (excluding diaryl/α,β-unsaturated/α-hetero) is 10. The van der Waals surface area contributed by atoms with Crippen molar-refractivity contribution in [2.24, 2.45) is 5.92 Å². The number of halogens is 7. The summed E-state index contributed by atoms with van der Waals surface area (Å²) in [6.07, 6.45) is 0.675. The van der Waals surface area contributed by atoms with Crippen molar-refractivity contribution in [3.8, 4) is 23.0 Å². The summed E-state index contributed by atoms with van der Waals surface area (Å²) in [6.45, 7) is 21.3. The maximum Gasteiger partial charge on any atom is 0.573 e. The van der Waals surface area contributed by atoms with Crippen molar-refractivity contribution in [3.63, 3.8) is 0 Å². The standard InChI is InChI=1S/C12H10O.C11H9NO.C10H9F3O3.C10H8N2O.C10H9NO.C9H8O3.C9H8O.C8H8O.C7H6F3N.C7H8N2O.C7H13NO.C6H5BrOS/c1-9(13)11-7-6-10-4-2-3-5-12(10)8-11;1-8(13)10-7-6-9-4-2-3-5-11(9)12-10;1-6(14)7-3-4-8(15-2)9(5-7)16-10(11,12)13;1-7(13)8-2-3-9-5-11-6-12-10(9)4-8;1-7(12)8-2-3-10-9(6-8)4-5-11-10;1-6(10)7-2-3-8-9(4-7)12-5-11-8;1-7-6-8-4-2-3-5-9(8)10-7;1-7(9)8-5-3-2-4-6-8;1-5-2-3-6(11-4-5)7(8,9)10;1-5(10)6-2-3-7(8)9-4-6;1-6(9)7-2-4-8-5-3-7;1-4(8)5-2-3-6(7)9-5/h2-8H,1H3;2-7H,1H3;3-5H,1-2H3;2-6H,1H3;2-6,11H,1H3;2-4H,5H2,1H3;2-6H,1H3;2-6H,1H3;2-4H,1H3;2-4H,1H3,(H2,8,9);7-8H,2-5H2,1H3;2-3H,1H3. The van der Waals surface area contributed by atoms with Gasteiger partial charge in [-0.3, -0.25) is 52.9 Å². The Morgan fingerprint density at radius 2 is 0.985 bits per heavy atom. The van der Waals surface area contributed by atoms with Crippen molar-refractivity contribution in [1.82, 2.24) is 35.2 Å². The van der Waals surface area contributed by atoms with Gasteiger partial charge in [0.2, 0.25) is 6.79 Å². The van der Waals surface area contributed by atoms with Gasteiger partial charge < -0.3 is 39.4 Å². The summed E-state index contributed by atoms with van der Waals surface area (Å²) in [5.74, 6) is 3.11. The molecule has 0 bridgehead atoms. The van der Waals surface area contributed by atoms with Crippen molar-refractivity contribution < 1.29 is 97.7 Å². The van der Waals surface area contributed by atoms with Gasteiger partial charge in [-0.15, -0.1) is 24.5 Å². The van der Waals surface area contributed by atoms with Gasteiger partial charge in [-0.1, -0.05) is 127 Å². The van der Waals surface area contributed by atoms with Crippen LogP contribution in [0.15, 0.2) is 294 Å². The highest BCUT2D eigenvalue weighted by Crippen LogP contribution is 2.35. The minimum atomic E-state index is -4.82. The largest absolute Gasteiger partial charge is 0.573 e. The Balaban J connectivity index is 0.000000204. The number of carbonyl (C=O) groups excluding carboxylic acids is 10. The fourth-order valence-electron chi connectivity index (χ4n) is 12.1. The second kappa shape index (κ2) is 54.2. The number of ketones is 10. The number of piperidine rings is 1. The minimum Gasteiger partial charge on any atom is -0.493 e. The summed E-state index contributed by atoms with van der Waals surface area (Å²) >= 11 is 4.73. The molecule has 4 N–H and O–H groups in total. The smallest absolute Gasteiger partial charge is 0.493 e. The molecule has 2 aliphatic heterocycles. The lowest BCUT2D eigenvalue weighted by atomic mass is 9.95. The molecule has 0 saturated carbocycles. The molecular formula is C106H101BrF6N8O15S. The van der Waals surface area contributed by atoms with Crippen LogP contribution in [0.25, 0.3) is 54.5 Å². The Labute approximate surface area is 799 Å². The van der Waals surface area contributed by atoms with Gasteiger partial charge in [-0.25, -0.2) is 19.9 Å². The highest BCUT2D eigenvalue weighted by molar-refractivity contribution is 9.11. The first kappa shape index (κ1) is 109. The average molecular weight is 1950 g/mol. The van der Waals surface area contributed by atoms with E-state index in [0.717, 1.165) is 118 Å². The molecule has 0 atom stereocenters. The van der Waals surface area contributed by atoms with Crippen LogP contribution in [0.3, 0.4) is 0 Å². The zero-order chi connectivity index (χ0) is 100. The van der Waals surface area contributed by atoms with Crippen LogP contribution in [0.4, 0.5) is 32.2 Å². The third-order valence-electron chi connectivity index (χ3n) is 19.5. The Bertz CT molecular complexity index is 6540. The Kier molecular flexibility index (Phi) is 43.1. The topological polar surface area (TPSA) is 339 Å². The molecule has 137 heavy (non-hydrogen) atoms. The number of nitrogens with one attached hydrogen (secondary N) is 2. The molecule has 0 radical (unpaired) electrons. The normalized spacial score (nSPS) is 11.3. The van der Waals surface area contributed by atoms with Gasteiger partial charge in [0.1, 0.15) is 40.7 Å². The van der Waals surface area contributed by atoms with Gasteiger partial charge in [-0.05, 0) is 262 Å². The van der Waals surface area contributed by atoms with Crippen LogP contribution in [0, 0.1) is 19.8 Å². The van der Waals surface area contributed by atoms with Gasteiger partial charge in [0.25, 0.3) is 0 Å². The lowest BCUT2D eigenvalue weighted by molar-refractivity contribution is -0.275. The molecule has 23 nitrogen and oxygen atoms in total. The Morgan fingerprint density at radius 1 is 0.445 bits per heavy atom. The summed E-state index contributed by atoms with van der Waals surface area (Å²) in [4.78, 5) is 132. The van der Waals surface area contributed by atoms with E-state index in [1.807, 2.05) is 189 Å². The number of rotatable bonds is 12. The molecule has 0 amide bonds. The number of aryl methyl sites for hydroxylation is 2. The predicted molar refractivity (Wildman–Crippen MR) is 524 cm³/mol. The van der Waals surface area contributed by atoms with E-state index in [1.54, 1.807) is 103 Å².